The Hall–Kier alpha value is -2.17. The van der Waals surface area contributed by atoms with Gasteiger partial charge < -0.3 is 5.32 Å². The zero-order valence-electron chi connectivity index (χ0n) is 13.0. The Morgan fingerprint density at radius 2 is 1.86 bits per heavy atom. The number of aryl methyl sites for hydroxylation is 2. The Balaban J connectivity index is 2.26. The van der Waals surface area contributed by atoms with Crippen molar-refractivity contribution < 1.29 is 4.79 Å². The number of carbonyl (C=O) groups is 1. The predicted octanol–water partition coefficient (Wildman–Crippen LogP) is 3.31. The highest BCUT2D eigenvalue weighted by Gasteiger charge is 2.16. The van der Waals surface area contributed by atoms with Crippen molar-refractivity contribution in [2.45, 2.75) is 46.5 Å². The van der Waals surface area contributed by atoms with E-state index in [1.807, 2.05) is 32.0 Å². The summed E-state index contributed by atoms with van der Waals surface area (Å²) in [7, 11) is 0. The molecule has 0 bridgehead atoms. The van der Waals surface area contributed by atoms with E-state index in [4.69, 9.17) is 0 Å². The first-order valence-corrected chi connectivity index (χ1v) is 7.41. The zero-order valence-corrected chi connectivity index (χ0v) is 13.0. The summed E-state index contributed by atoms with van der Waals surface area (Å²) >= 11 is 0. The molecule has 0 radical (unpaired) electrons. The number of hydrogen-bond acceptors (Lipinski definition) is 3. The molecule has 5 heteroatoms. The van der Waals surface area contributed by atoms with Crippen LogP contribution in [0.15, 0.2) is 18.2 Å². The molecule has 0 unspecified atom stereocenters. The topological polar surface area (TPSA) is 70.7 Å². The summed E-state index contributed by atoms with van der Waals surface area (Å²) in [5.74, 6) is 0.855. The standard InChI is InChI=1S/C16H22N4O/c1-5-11-8-7-9-12(6-2)13(11)17-16(21)15-18-14(10(3)4)19-20-15/h7-10H,5-6H2,1-4H3,(H,17,21)(H,18,19,20). The van der Waals surface area contributed by atoms with E-state index in [-0.39, 0.29) is 17.6 Å². The van der Waals surface area contributed by atoms with Crippen LogP contribution in [0.25, 0.3) is 0 Å². The number of para-hydroxylation sites is 1. The second-order valence-corrected chi connectivity index (χ2v) is 5.31. The molecule has 112 valence electrons. The molecule has 1 amide bonds. The Bertz CT molecular complexity index is 609. The number of benzene rings is 1. The number of H-pyrrole nitrogens is 1. The van der Waals surface area contributed by atoms with Crippen molar-refractivity contribution >= 4 is 11.6 Å². The van der Waals surface area contributed by atoms with Crippen LogP contribution in [-0.4, -0.2) is 21.1 Å². The van der Waals surface area contributed by atoms with Crippen molar-refractivity contribution in [2.75, 3.05) is 5.32 Å². The van der Waals surface area contributed by atoms with E-state index in [0.29, 0.717) is 0 Å². The van der Waals surface area contributed by atoms with Crippen LogP contribution in [0.5, 0.6) is 0 Å². The van der Waals surface area contributed by atoms with Crippen molar-refractivity contribution in [3.05, 3.63) is 41.0 Å². The SMILES string of the molecule is CCc1cccc(CC)c1NC(=O)c1n[nH]c(C(C)C)n1. The lowest BCUT2D eigenvalue weighted by atomic mass is 10.0. The molecule has 2 N–H and O–H groups in total. The fourth-order valence-corrected chi connectivity index (χ4v) is 2.21. The lowest BCUT2D eigenvalue weighted by molar-refractivity contribution is 0.101. The van der Waals surface area contributed by atoms with E-state index >= 15 is 0 Å². The quantitative estimate of drug-likeness (QED) is 0.886. The molecule has 0 saturated carbocycles. The van der Waals surface area contributed by atoms with E-state index in [0.717, 1.165) is 35.5 Å². The number of aromatic amines is 1. The van der Waals surface area contributed by atoms with E-state index < -0.39 is 0 Å². The van der Waals surface area contributed by atoms with E-state index in [1.165, 1.54) is 0 Å². The number of amides is 1. The van der Waals surface area contributed by atoms with Crippen molar-refractivity contribution in [1.29, 1.82) is 0 Å². The molecule has 0 fully saturated rings. The van der Waals surface area contributed by atoms with Gasteiger partial charge in [-0.25, -0.2) is 4.98 Å². The molecule has 5 nitrogen and oxygen atoms in total. The third kappa shape index (κ3) is 3.29. The van der Waals surface area contributed by atoms with Gasteiger partial charge in [0.2, 0.25) is 5.82 Å². The molecule has 1 heterocycles. The fraction of sp³-hybridized carbons (Fsp3) is 0.438. The van der Waals surface area contributed by atoms with E-state index in [2.05, 4.69) is 34.3 Å². The maximum absolute atomic E-state index is 12.3. The van der Waals surface area contributed by atoms with Crippen LogP contribution < -0.4 is 5.32 Å². The van der Waals surface area contributed by atoms with E-state index in [9.17, 15) is 4.79 Å². The number of nitrogens with one attached hydrogen (secondary N) is 2. The molecular formula is C16H22N4O. The van der Waals surface area contributed by atoms with Gasteiger partial charge in [-0.05, 0) is 24.0 Å². The Labute approximate surface area is 125 Å². The first-order chi connectivity index (χ1) is 10.1. The Morgan fingerprint density at radius 1 is 1.24 bits per heavy atom. The molecule has 0 spiro atoms. The van der Waals surface area contributed by atoms with Gasteiger partial charge in [-0.1, -0.05) is 45.9 Å². The van der Waals surface area contributed by atoms with Crippen LogP contribution in [0.3, 0.4) is 0 Å². The number of aromatic nitrogens is 3. The third-order valence-corrected chi connectivity index (χ3v) is 3.49. The first kappa shape index (κ1) is 15.2. The average molecular weight is 286 g/mol. The third-order valence-electron chi connectivity index (χ3n) is 3.49. The highest BCUT2D eigenvalue weighted by Crippen LogP contribution is 2.23. The minimum atomic E-state index is -0.270. The van der Waals surface area contributed by atoms with Crippen LogP contribution in [0.4, 0.5) is 5.69 Å². The summed E-state index contributed by atoms with van der Waals surface area (Å²) in [6, 6.07) is 6.09. The maximum atomic E-state index is 12.3. The van der Waals surface area contributed by atoms with Crippen molar-refractivity contribution in [2.24, 2.45) is 0 Å². The van der Waals surface area contributed by atoms with Crippen molar-refractivity contribution in [3.63, 3.8) is 0 Å². The second kappa shape index (κ2) is 6.52. The minimum absolute atomic E-state index is 0.187. The second-order valence-electron chi connectivity index (χ2n) is 5.31. The highest BCUT2D eigenvalue weighted by molar-refractivity contribution is 6.02. The average Bonchev–Trinajstić information content (AvgIpc) is 2.97. The van der Waals surface area contributed by atoms with Gasteiger partial charge in [0.25, 0.3) is 5.91 Å². The molecule has 0 aliphatic rings. The van der Waals surface area contributed by atoms with Crippen molar-refractivity contribution in [3.8, 4) is 0 Å². The Kier molecular flexibility index (Phi) is 4.73. The van der Waals surface area contributed by atoms with Crippen LogP contribution >= 0.6 is 0 Å². The first-order valence-electron chi connectivity index (χ1n) is 7.41. The minimum Gasteiger partial charge on any atom is -0.319 e. The number of hydrogen-bond donors (Lipinski definition) is 2. The highest BCUT2D eigenvalue weighted by atomic mass is 16.2. The summed E-state index contributed by atoms with van der Waals surface area (Å²) in [4.78, 5) is 16.6. The largest absolute Gasteiger partial charge is 0.319 e. The van der Waals surface area contributed by atoms with Gasteiger partial charge >= 0.3 is 0 Å². The van der Waals surface area contributed by atoms with Crippen molar-refractivity contribution in [1.82, 2.24) is 15.2 Å². The molecule has 0 atom stereocenters. The molecular weight excluding hydrogens is 264 g/mol. The number of carbonyl (C=O) groups excluding carboxylic acids is 1. The molecule has 0 aliphatic carbocycles. The molecule has 0 saturated heterocycles. The number of nitrogens with zero attached hydrogens (tertiary/aromatic N) is 2. The van der Waals surface area contributed by atoms with Gasteiger partial charge in [-0.3, -0.25) is 9.89 Å². The normalized spacial score (nSPS) is 10.9. The van der Waals surface area contributed by atoms with Crippen LogP contribution in [0, 0.1) is 0 Å². The molecule has 1 aromatic heterocycles. The van der Waals surface area contributed by atoms with Gasteiger partial charge in [0.05, 0.1) is 0 Å². The summed E-state index contributed by atoms with van der Waals surface area (Å²) in [5, 5.41) is 9.77. The van der Waals surface area contributed by atoms with Gasteiger partial charge in [-0.2, -0.15) is 0 Å². The van der Waals surface area contributed by atoms with Crippen LogP contribution in [0.2, 0.25) is 0 Å². The lowest BCUT2D eigenvalue weighted by Gasteiger charge is -2.13. The molecule has 2 rings (SSSR count). The van der Waals surface area contributed by atoms with Crippen LogP contribution in [-0.2, 0) is 12.8 Å². The summed E-state index contributed by atoms with van der Waals surface area (Å²) in [6.07, 6.45) is 1.74. The van der Waals surface area contributed by atoms with E-state index in [1.54, 1.807) is 0 Å². The summed E-state index contributed by atoms with van der Waals surface area (Å²) < 4.78 is 0. The molecule has 21 heavy (non-hydrogen) atoms. The summed E-state index contributed by atoms with van der Waals surface area (Å²) in [6.45, 7) is 8.16. The summed E-state index contributed by atoms with van der Waals surface area (Å²) in [5.41, 5.74) is 3.15. The molecule has 0 aliphatic heterocycles. The number of rotatable bonds is 5. The monoisotopic (exact) mass is 286 g/mol. The number of anilines is 1. The Morgan fingerprint density at radius 3 is 2.33 bits per heavy atom. The smallest absolute Gasteiger partial charge is 0.295 e. The van der Waals surface area contributed by atoms with Gasteiger partial charge in [0.15, 0.2) is 0 Å². The molecule has 2 aromatic rings. The fourth-order valence-electron chi connectivity index (χ4n) is 2.21. The predicted molar refractivity (Wildman–Crippen MR) is 83.6 cm³/mol. The lowest BCUT2D eigenvalue weighted by Crippen LogP contribution is -2.16. The maximum Gasteiger partial charge on any atom is 0.295 e. The zero-order chi connectivity index (χ0) is 15.4. The van der Waals surface area contributed by atoms with Gasteiger partial charge in [0, 0.05) is 11.6 Å². The van der Waals surface area contributed by atoms with Crippen LogP contribution in [0.1, 0.15) is 61.2 Å². The van der Waals surface area contributed by atoms with Gasteiger partial charge in [-0.15, -0.1) is 5.10 Å². The molecule has 1 aromatic carbocycles. The van der Waals surface area contributed by atoms with Gasteiger partial charge in [0.1, 0.15) is 5.82 Å².